The molecule has 1 aliphatic heterocycles. The van der Waals surface area contributed by atoms with Gasteiger partial charge >= 0.3 is 23.5 Å². The Balaban J connectivity index is 1.01. The number of phosphoric ester groups is 3. The maximum Gasteiger partial charge on any atom is 0.481 e. The van der Waals surface area contributed by atoms with Crippen LogP contribution in [0.15, 0.2) is 23.1 Å². The molecule has 25 nitrogen and oxygen atoms in total. The fraction of sp³-hybridized carbons (Fsp3) is 0.739. The molecule has 4 heterocycles. The van der Waals surface area contributed by atoms with Crippen molar-refractivity contribution in [2.24, 2.45) is 5.41 Å². The highest BCUT2D eigenvalue weighted by Gasteiger charge is 2.50. The van der Waals surface area contributed by atoms with Crippen LogP contribution >= 0.6 is 35.2 Å². The minimum absolute atomic E-state index is 0.0326. The number of unbranched alkanes of at least 4 members (excludes halogenated alkanes) is 13. The first-order chi connectivity index (χ1) is 35.4. The van der Waals surface area contributed by atoms with Crippen LogP contribution in [-0.4, -0.2) is 123 Å². The predicted molar refractivity (Wildman–Crippen MR) is 277 cm³/mol. The van der Waals surface area contributed by atoms with Gasteiger partial charge in [0.15, 0.2) is 22.8 Å². The Kier molecular flexibility index (Phi) is 27.0. The maximum absolute atomic E-state index is 12.8. The lowest BCUT2D eigenvalue weighted by molar-refractivity contribution is -0.137. The minimum Gasteiger partial charge on any atom is -0.466 e. The minimum atomic E-state index is -5.58. The van der Waals surface area contributed by atoms with E-state index in [0.717, 1.165) is 66.8 Å². The third kappa shape index (κ3) is 23.0. The first-order valence-corrected chi connectivity index (χ1v) is 31.1. The topological polar surface area (TPSA) is 377 Å². The Morgan fingerprint density at radius 2 is 1.48 bits per heavy atom. The molecule has 1 fully saturated rings. The molecule has 0 aliphatic carbocycles. The molecule has 0 saturated carbocycles. The van der Waals surface area contributed by atoms with Crippen LogP contribution in [0.3, 0.4) is 0 Å². The zero-order valence-corrected chi connectivity index (χ0v) is 46.8. The van der Waals surface area contributed by atoms with Crippen LogP contribution in [0.1, 0.15) is 153 Å². The SMILES string of the molecule is CCCCCc1cc(C)c(CCCCCCCCCCCCCCC(=O)SCCNC(=O)CCNC(=O)C(O)C(C)(C)COP(=O)(O)OP(=O)(O)OCC2OC(n3cnc4c(N)ncnc43)C(O)C2OP(=O)(O)O)o1. The highest BCUT2D eigenvalue weighted by molar-refractivity contribution is 8.13. The smallest absolute Gasteiger partial charge is 0.466 e. The van der Waals surface area contributed by atoms with Crippen molar-refractivity contribution in [1.82, 2.24) is 30.2 Å². The van der Waals surface area contributed by atoms with Gasteiger partial charge in [0.1, 0.15) is 47.8 Å². The van der Waals surface area contributed by atoms with Crippen LogP contribution in [0.5, 0.6) is 0 Å². The quantitative estimate of drug-likeness (QED) is 0.0215. The van der Waals surface area contributed by atoms with Crippen molar-refractivity contribution in [3.63, 3.8) is 0 Å². The van der Waals surface area contributed by atoms with E-state index in [1.807, 2.05) is 0 Å². The highest BCUT2D eigenvalue weighted by atomic mass is 32.2. The molecule has 29 heteroatoms. The molecular formula is C46H78N7O18P3S. The number of nitrogens with zero attached hydrogens (tertiary/aromatic N) is 4. The molecule has 75 heavy (non-hydrogen) atoms. The van der Waals surface area contributed by atoms with E-state index in [-0.39, 0.29) is 41.6 Å². The van der Waals surface area contributed by atoms with Crippen molar-refractivity contribution in [3.05, 3.63) is 35.8 Å². The maximum atomic E-state index is 12.8. The summed E-state index contributed by atoms with van der Waals surface area (Å²) in [6, 6.07) is 2.22. The second-order valence-corrected chi connectivity index (χ2v) is 24.7. The molecule has 426 valence electrons. The summed E-state index contributed by atoms with van der Waals surface area (Å²) in [4.78, 5) is 88.7. The summed E-state index contributed by atoms with van der Waals surface area (Å²) in [5, 5.41) is 26.7. The lowest BCUT2D eigenvalue weighted by Gasteiger charge is -2.30. The van der Waals surface area contributed by atoms with E-state index in [9.17, 15) is 57.9 Å². The average Bonchev–Trinajstić information content (AvgIpc) is 4.02. The van der Waals surface area contributed by atoms with Crippen LogP contribution in [-0.2, 0) is 63.5 Å². The number of carbonyl (C=O) groups excluding carboxylic acids is 3. The number of carbonyl (C=O) groups is 3. The number of thioether (sulfide) groups is 1. The van der Waals surface area contributed by atoms with Crippen LogP contribution in [0.2, 0.25) is 0 Å². The summed E-state index contributed by atoms with van der Waals surface area (Å²) >= 11 is 1.15. The number of aliphatic hydroxyl groups excluding tert-OH is 2. The molecule has 7 atom stereocenters. The number of rotatable bonds is 38. The molecule has 1 aliphatic rings. The number of anilines is 1. The second-order valence-electron chi connectivity index (χ2n) is 19.3. The first-order valence-electron chi connectivity index (χ1n) is 25.5. The van der Waals surface area contributed by atoms with Crippen LogP contribution in [0.25, 0.3) is 11.2 Å². The van der Waals surface area contributed by atoms with Gasteiger partial charge in [0, 0.05) is 49.9 Å². The molecule has 7 unspecified atom stereocenters. The van der Waals surface area contributed by atoms with Gasteiger partial charge in [0.25, 0.3) is 0 Å². The number of furan rings is 1. The number of ether oxygens (including phenoxy) is 1. The molecule has 0 aromatic carbocycles. The van der Waals surface area contributed by atoms with Gasteiger partial charge < -0.3 is 55.3 Å². The van der Waals surface area contributed by atoms with E-state index in [1.165, 1.54) is 102 Å². The highest BCUT2D eigenvalue weighted by Crippen LogP contribution is 2.61. The predicted octanol–water partition coefficient (Wildman–Crippen LogP) is 6.61. The molecular weight excluding hydrogens is 1060 g/mol. The van der Waals surface area contributed by atoms with Gasteiger partial charge in [-0.1, -0.05) is 110 Å². The van der Waals surface area contributed by atoms with E-state index < -0.39 is 84.6 Å². The molecule has 2 amide bonds. The molecule has 0 radical (unpaired) electrons. The Labute approximate surface area is 442 Å². The molecule has 0 spiro atoms. The van der Waals surface area contributed by atoms with Crippen LogP contribution in [0, 0.1) is 12.3 Å². The lowest BCUT2D eigenvalue weighted by Crippen LogP contribution is -2.46. The lowest BCUT2D eigenvalue weighted by atomic mass is 9.87. The van der Waals surface area contributed by atoms with Crippen molar-refractivity contribution in [2.45, 2.75) is 180 Å². The van der Waals surface area contributed by atoms with E-state index in [1.54, 1.807) is 0 Å². The van der Waals surface area contributed by atoms with Gasteiger partial charge in [-0.3, -0.25) is 32.5 Å². The molecule has 4 rings (SSSR count). The Morgan fingerprint density at radius 3 is 2.13 bits per heavy atom. The number of fused-ring (bicyclic) bond motifs is 1. The number of phosphoric acid groups is 3. The number of hydrogen-bond acceptors (Lipinski definition) is 19. The summed E-state index contributed by atoms with van der Waals surface area (Å²) in [5.41, 5.74) is 5.58. The standard InChI is InChI=1S/C46H78N7O18P3S/c1-5-6-17-20-33-27-32(2)34(68-33)21-18-15-13-11-9-7-8-10-12-14-16-19-22-37(55)75-26-25-48-36(54)23-24-49-44(58)41(57)46(3,4)29-67-74(64,65)71-73(62,63)66-28-35-40(70-72(59,60)61)39(56)45(69-35)53-31-52-38-42(47)50-30-51-43(38)53/h27,30-31,35,39-41,45,56-57H,5-26,28-29H2,1-4H3,(H,48,54)(H,49,58)(H,62,63)(H,64,65)(H2,47,50,51)(H2,59,60,61). The number of aryl methyl sites for hydroxylation is 3. The number of nitrogens with one attached hydrogen (secondary N) is 2. The molecule has 3 aromatic heterocycles. The number of aliphatic hydroxyl groups is 2. The van der Waals surface area contributed by atoms with E-state index in [4.69, 9.17) is 23.9 Å². The summed E-state index contributed by atoms with van der Waals surface area (Å²) in [5.74, 6) is 1.27. The fourth-order valence-corrected chi connectivity index (χ4v) is 11.8. The summed E-state index contributed by atoms with van der Waals surface area (Å²) < 4.78 is 68.7. The van der Waals surface area contributed by atoms with Crippen molar-refractivity contribution in [1.29, 1.82) is 0 Å². The number of hydrogen-bond donors (Lipinski definition) is 9. The zero-order chi connectivity index (χ0) is 55.2. The van der Waals surface area contributed by atoms with Crippen molar-refractivity contribution >= 4 is 69.1 Å². The number of nitrogens with two attached hydrogens (primary N) is 1. The Hall–Kier alpha value is -3.16. The second kappa shape index (κ2) is 31.4. The monoisotopic (exact) mass is 1140 g/mol. The van der Waals surface area contributed by atoms with Crippen LogP contribution < -0.4 is 16.4 Å². The number of aromatic nitrogens is 4. The summed E-state index contributed by atoms with van der Waals surface area (Å²) in [6.45, 7) is 4.94. The van der Waals surface area contributed by atoms with Gasteiger partial charge in [-0.25, -0.2) is 28.6 Å². The number of nitrogen functional groups attached to an aromatic ring is 1. The van der Waals surface area contributed by atoms with Gasteiger partial charge in [-0.2, -0.15) is 4.31 Å². The largest absolute Gasteiger partial charge is 0.481 e. The number of imidazole rings is 1. The Morgan fingerprint density at radius 1 is 0.853 bits per heavy atom. The fourth-order valence-electron chi connectivity index (χ4n) is 8.20. The third-order valence-corrected chi connectivity index (χ3v) is 16.4. The molecule has 3 aromatic rings. The van der Waals surface area contributed by atoms with Crippen molar-refractivity contribution in [2.75, 3.05) is 37.8 Å². The average molecular weight is 1140 g/mol. The van der Waals surface area contributed by atoms with E-state index in [2.05, 4.69) is 54.3 Å². The molecule has 0 bridgehead atoms. The van der Waals surface area contributed by atoms with Gasteiger partial charge in [0.2, 0.25) is 11.8 Å². The molecule has 10 N–H and O–H groups in total. The van der Waals surface area contributed by atoms with E-state index in [0.29, 0.717) is 12.2 Å². The van der Waals surface area contributed by atoms with Gasteiger partial charge in [-0.05, 0) is 37.8 Å². The summed E-state index contributed by atoms with van der Waals surface area (Å²) in [6.07, 6.45) is 13.4. The van der Waals surface area contributed by atoms with Gasteiger partial charge in [0.05, 0.1) is 19.5 Å². The van der Waals surface area contributed by atoms with Crippen molar-refractivity contribution in [3.8, 4) is 0 Å². The first kappa shape index (κ1) is 64.4. The summed E-state index contributed by atoms with van der Waals surface area (Å²) in [7, 11) is -16.4. The third-order valence-electron chi connectivity index (χ3n) is 12.4. The van der Waals surface area contributed by atoms with Crippen molar-refractivity contribution < 1.29 is 84.9 Å². The molecule has 1 saturated heterocycles. The van der Waals surface area contributed by atoms with E-state index >= 15 is 0 Å². The Bertz CT molecular complexity index is 2410. The number of amides is 2. The zero-order valence-electron chi connectivity index (χ0n) is 43.3. The van der Waals surface area contributed by atoms with Gasteiger partial charge in [-0.15, -0.1) is 0 Å². The van der Waals surface area contributed by atoms with Crippen LogP contribution in [0.4, 0.5) is 5.82 Å². The normalized spacial score (nSPS) is 19.2.